The minimum atomic E-state index is -0.286. The molecule has 5 heterocycles. The number of nitrogens with zero attached hydrogens (tertiary/aromatic N) is 6. The fraction of sp³-hybridized carbons (Fsp3) is 0.258. The van der Waals surface area contributed by atoms with E-state index < -0.39 is 0 Å². The Bertz CT molecular complexity index is 1570. The first kappa shape index (κ1) is 25.6. The molecular formula is C31H32N8O. The van der Waals surface area contributed by atoms with Crippen LogP contribution in [0.5, 0.6) is 0 Å². The second-order valence-corrected chi connectivity index (χ2v) is 10.2. The third-order valence-corrected chi connectivity index (χ3v) is 7.37. The molecule has 0 bridgehead atoms. The molecule has 1 aliphatic rings. The van der Waals surface area contributed by atoms with Crippen LogP contribution in [0.4, 0.5) is 11.5 Å². The van der Waals surface area contributed by atoms with Gasteiger partial charge in [-0.15, -0.1) is 5.10 Å². The molecule has 0 saturated carbocycles. The summed E-state index contributed by atoms with van der Waals surface area (Å²) in [5, 5.41) is 11.5. The van der Waals surface area contributed by atoms with Crippen LogP contribution in [0.25, 0.3) is 5.65 Å². The molecule has 6 rings (SSSR count). The topological polar surface area (TPSA) is 100 Å². The van der Waals surface area contributed by atoms with E-state index in [-0.39, 0.29) is 17.9 Å². The van der Waals surface area contributed by atoms with Gasteiger partial charge in [-0.05, 0) is 55.3 Å². The van der Waals surface area contributed by atoms with E-state index in [1.807, 2.05) is 18.2 Å². The average Bonchev–Trinajstić information content (AvgIpc) is 3.42. The van der Waals surface area contributed by atoms with Gasteiger partial charge in [0.1, 0.15) is 5.82 Å². The van der Waals surface area contributed by atoms with E-state index in [9.17, 15) is 4.79 Å². The predicted octanol–water partition coefficient (Wildman–Crippen LogP) is 5.00. The molecule has 1 saturated heterocycles. The smallest absolute Gasteiger partial charge is 0.276 e. The number of imidazole rings is 1. The van der Waals surface area contributed by atoms with Gasteiger partial charge in [-0.3, -0.25) is 19.7 Å². The van der Waals surface area contributed by atoms with Crippen molar-refractivity contribution >= 4 is 23.1 Å². The van der Waals surface area contributed by atoms with Crippen molar-refractivity contribution in [2.24, 2.45) is 0 Å². The number of nitrogens with one attached hydrogen (secondary N) is 2. The van der Waals surface area contributed by atoms with Crippen LogP contribution in [-0.4, -0.2) is 54.5 Å². The van der Waals surface area contributed by atoms with Crippen molar-refractivity contribution in [1.82, 2.24) is 29.5 Å². The minimum Gasteiger partial charge on any atom is -0.365 e. The molecule has 1 aliphatic heterocycles. The molecule has 0 spiro atoms. The first-order chi connectivity index (χ1) is 19.6. The highest BCUT2D eigenvalue weighted by molar-refractivity contribution is 6.03. The fourth-order valence-electron chi connectivity index (χ4n) is 5.33. The molecule has 2 atom stereocenters. The summed E-state index contributed by atoms with van der Waals surface area (Å²) >= 11 is 0. The summed E-state index contributed by atoms with van der Waals surface area (Å²) in [6, 6.07) is 22.3. The quantitative estimate of drug-likeness (QED) is 0.290. The molecule has 1 amide bonds. The number of likely N-dealkylation sites (tertiary alicyclic amines) is 1. The second-order valence-electron chi connectivity index (χ2n) is 10.2. The Kier molecular flexibility index (Phi) is 7.45. The highest BCUT2D eigenvalue weighted by Gasteiger charge is 2.24. The van der Waals surface area contributed by atoms with Crippen LogP contribution in [0.15, 0.2) is 91.5 Å². The molecule has 5 aromatic rings. The lowest BCUT2D eigenvalue weighted by Crippen LogP contribution is -2.41. The number of anilines is 2. The van der Waals surface area contributed by atoms with Gasteiger partial charge in [0.15, 0.2) is 11.3 Å². The lowest BCUT2D eigenvalue weighted by atomic mass is 9.98. The maximum absolute atomic E-state index is 13.3. The number of pyridine rings is 2. The van der Waals surface area contributed by atoms with Crippen molar-refractivity contribution in [2.45, 2.75) is 38.3 Å². The van der Waals surface area contributed by atoms with Crippen molar-refractivity contribution in [3.05, 3.63) is 114 Å². The van der Waals surface area contributed by atoms with Gasteiger partial charge in [0, 0.05) is 60.6 Å². The van der Waals surface area contributed by atoms with Gasteiger partial charge in [-0.1, -0.05) is 43.3 Å². The Morgan fingerprint density at radius 3 is 2.65 bits per heavy atom. The molecule has 2 N–H and O–H groups in total. The van der Waals surface area contributed by atoms with E-state index in [0.29, 0.717) is 22.8 Å². The van der Waals surface area contributed by atoms with Gasteiger partial charge in [0.05, 0.1) is 6.20 Å². The van der Waals surface area contributed by atoms with E-state index in [0.717, 1.165) is 43.7 Å². The standard InChI is InChI=1S/C31H32N8O/c1-22(27-11-5-6-14-33-27)26-18-29(35-25-10-7-17-38(21-25)20-23-8-3-2-4-9-23)37-39-28(19-34-30(26)39)31(40)36-24-12-15-32-16-13-24/h2-6,8-9,11-16,18-19,22,25H,7,10,17,20-21H2,1H3,(H,35,37)(H,32,36,40)/t22-,25?/m0/s1. The first-order valence-corrected chi connectivity index (χ1v) is 13.7. The zero-order chi connectivity index (χ0) is 27.3. The Morgan fingerprint density at radius 2 is 1.85 bits per heavy atom. The molecule has 9 nitrogen and oxygen atoms in total. The van der Waals surface area contributed by atoms with Crippen LogP contribution in [0.1, 0.15) is 53.0 Å². The SMILES string of the molecule is C[C@H](c1ccccn1)c1cc(NC2CCCN(Cc3ccccc3)C2)nn2c(C(=O)Nc3ccncc3)cnc12. The van der Waals surface area contributed by atoms with Crippen molar-refractivity contribution in [2.75, 3.05) is 23.7 Å². The lowest BCUT2D eigenvalue weighted by Gasteiger charge is -2.33. The van der Waals surface area contributed by atoms with Gasteiger partial charge < -0.3 is 10.6 Å². The van der Waals surface area contributed by atoms with Gasteiger partial charge in [0.25, 0.3) is 5.91 Å². The maximum atomic E-state index is 13.3. The number of hydrogen-bond acceptors (Lipinski definition) is 7. The fourth-order valence-corrected chi connectivity index (χ4v) is 5.33. The number of amides is 1. The number of carbonyl (C=O) groups excluding carboxylic acids is 1. The molecular weight excluding hydrogens is 500 g/mol. The van der Waals surface area contributed by atoms with E-state index in [1.54, 1.807) is 41.4 Å². The summed E-state index contributed by atoms with van der Waals surface area (Å²) in [7, 11) is 0. The zero-order valence-electron chi connectivity index (χ0n) is 22.4. The molecule has 0 radical (unpaired) electrons. The van der Waals surface area contributed by atoms with Crippen molar-refractivity contribution in [3.8, 4) is 0 Å². The second kappa shape index (κ2) is 11.6. The predicted molar refractivity (Wildman–Crippen MR) is 155 cm³/mol. The molecule has 40 heavy (non-hydrogen) atoms. The van der Waals surface area contributed by atoms with Crippen LogP contribution < -0.4 is 10.6 Å². The van der Waals surface area contributed by atoms with Gasteiger partial charge >= 0.3 is 0 Å². The highest BCUT2D eigenvalue weighted by atomic mass is 16.2. The number of carbonyl (C=O) groups is 1. The first-order valence-electron chi connectivity index (χ1n) is 13.7. The Morgan fingerprint density at radius 1 is 1.02 bits per heavy atom. The average molecular weight is 533 g/mol. The Balaban J connectivity index is 1.31. The highest BCUT2D eigenvalue weighted by Crippen LogP contribution is 2.29. The van der Waals surface area contributed by atoms with Crippen molar-refractivity contribution in [3.63, 3.8) is 0 Å². The van der Waals surface area contributed by atoms with Gasteiger partial charge in [0.2, 0.25) is 0 Å². The van der Waals surface area contributed by atoms with E-state index in [2.05, 4.69) is 73.8 Å². The van der Waals surface area contributed by atoms with Crippen LogP contribution >= 0.6 is 0 Å². The maximum Gasteiger partial charge on any atom is 0.276 e. The van der Waals surface area contributed by atoms with Crippen LogP contribution in [0.2, 0.25) is 0 Å². The number of piperidine rings is 1. The normalized spacial score (nSPS) is 16.5. The largest absolute Gasteiger partial charge is 0.365 e. The van der Waals surface area contributed by atoms with E-state index >= 15 is 0 Å². The Labute approximate surface area is 233 Å². The monoisotopic (exact) mass is 532 g/mol. The molecule has 4 aromatic heterocycles. The number of fused-ring (bicyclic) bond motifs is 1. The summed E-state index contributed by atoms with van der Waals surface area (Å²) in [5.41, 5.74) is 4.86. The van der Waals surface area contributed by atoms with Crippen molar-refractivity contribution < 1.29 is 4.79 Å². The lowest BCUT2D eigenvalue weighted by molar-refractivity contribution is 0.102. The molecule has 9 heteroatoms. The number of hydrogen-bond donors (Lipinski definition) is 2. The molecule has 1 aromatic carbocycles. The third-order valence-electron chi connectivity index (χ3n) is 7.37. The van der Waals surface area contributed by atoms with E-state index in [4.69, 9.17) is 5.10 Å². The van der Waals surface area contributed by atoms with Crippen LogP contribution in [0, 0.1) is 0 Å². The molecule has 0 aliphatic carbocycles. The van der Waals surface area contributed by atoms with Crippen molar-refractivity contribution in [1.29, 1.82) is 0 Å². The van der Waals surface area contributed by atoms with Crippen LogP contribution in [-0.2, 0) is 6.54 Å². The van der Waals surface area contributed by atoms with Gasteiger partial charge in [-0.25, -0.2) is 9.50 Å². The summed E-state index contributed by atoms with van der Waals surface area (Å²) in [4.78, 5) is 29.0. The number of rotatable bonds is 8. The molecule has 202 valence electrons. The Hall–Kier alpha value is -4.63. The summed E-state index contributed by atoms with van der Waals surface area (Å²) in [6.07, 6.45) is 8.82. The van der Waals surface area contributed by atoms with Crippen LogP contribution in [0.3, 0.4) is 0 Å². The minimum absolute atomic E-state index is 0.0494. The number of aromatic nitrogens is 5. The summed E-state index contributed by atoms with van der Waals surface area (Å²) in [6.45, 7) is 5.02. The van der Waals surface area contributed by atoms with Gasteiger partial charge in [-0.2, -0.15) is 0 Å². The zero-order valence-corrected chi connectivity index (χ0v) is 22.4. The van der Waals surface area contributed by atoms with E-state index in [1.165, 1.54) is 5.56 Å². The number of benzene rings is 1. The third kappa shape index (κ3) is 5.69. The summed E-state index contributed by atoms with van der Waals surface area (Å²) < 4.78 is 1.65. The molecule has 1 unspecified atom stereocenters. The molecule has 1 fully saturated rings. The summed E-state index contributed by atoms with van der Waals surface area (Å²) in [5.74, 6) is 0.381.